The second-order valence-electron chi connectivity index (χ2n) is 7.74. The van der Waals surface area contributed by atoms with Gasteiger partial charge >= 0.3 is 12.4 Å². The second kappa shape index (κ2) is 9.47. The van der Waals surface area contributed by atoms with E-state index in [1.54, 1.807) is 13.8 Å². The molecular formula is C22H17F7N4O2. The molecule has 2 aromatic heterocycles. The van der Waals surface area contributed by atoms with Gasteiger partial charge in [0, 0.05) is 30.3 Å². The lowest BCUT2D eigenvalue weighted by Crippen LogP contribution is -2.27. The number of hydrogen-bond acceptors (Lipinski definition) is 4. The molecule has 1 aromatic carbocycles. The number of nitrogens with one attached hydrogen (secondary N) is 2. The minimum atomic E-state index is -5.04. The van der Waals surface area contributed by atoms with E-state index < -0.39 is 64.6 Å². The molecule has 0 saturated heterocycles. The van der Waals surface area contributed by atoms with Gasteiger partial charge in [0.05, 0.1) is 28.1 Å². The highest BCUT2D eigenvalue weighted by Gasteiger charge is 2.37. The van der Waals surface area contributed by atoms with Crippen molar-refractivity contribution in [2.24, 2.45) is 5.92 Å². The SMILES string of the molecule is CC(C)C(=O)NCc1ccc(C(F)(F)F)c(-c2nc(-c3ccc(C(F)(F)F)cn3)cc(=O)[nH]2)c1F. The Morgan fingerprint density at radius 1 is 1.03 bits per heavy atom. The molecule has 0 saturated carbocycles. The monoisotopic (exact) mass is 502 g/mol. The van der Waals surface area contributed by atoms with E-state index in [0.717, 1.165) is 18.2 Å². The first-order valence-electron chi connectivity index (χ1n) is 10.00. The normalized spacial score (nSPS) is 12.2. The van der Waals surface area contributed by atoms with Crippen molar-refractivity contribution in [1.82, 2.24) is 20.3 Å². The van der Waals surface area contributed by atoms with Gasteiger partial charge in [-0.3, -0.25) is 14.6 Å². The Bertz CT molecular complexity index is 1300. The molecule has 0 aliphatic rings. The van der Waals surface area contributed by atoms with E-state index in [4.69, 9.17) is 0 Å². The summed E-state index contributed by atoms with van der Waals surface area (Å²) < 4.78 is 94.7. The number of rotatable bonds is 5. The molecule has 3 aromatic rings. The number of carbonyl (C=O) groups is 1. The van der Waals surface area contributed by atoms with Crippen LogP contribution in [0.5, 0.6) is 0 Å². The third kappa shape index (κ3) is 5.84. The van der Waals surface area contributed by atoms with Crippen LogP contribution in [0, 0.1) is 11.7 Å². The van der Waals surface area contributed by atoms with Crippen molar-refractivity contribution < 1.29 is 35.5 Å². The van der Waals surface area contributed by atoms with Gasteiger partial charge in [-0.15, -0.1) is 0 Å². The zero-order valence-corrected chi connectivity index (χ0v) is 18.1. The fourth-order valence-corrected chi connectivity index (χ4v) is 3.03. The van der Waals surface area contributed by atoms with Crippen LogP contribution in [0.25, 0.3) is 22.8 Å². The maximum absolute atomic E-state index is 15.3. The van der Waals surface area contributed by atoms with Crippen LogP contribution in [0.4, 0.5) is 30.7 Å². The summed E-state index contributed by atoms with van der Waals surface area (Å²) in [6.45, 7) is 2.71. The van der Waals surface area contributed by atoms with Crippen molar-refractivity contribution >= 4 is 5.91 Å². The van der Waals surface area contributed by atoms with Crippen molar-refractivity contribution in [3.05, 3.63) is 69.4 Å². The molecule has 0 atom stereocenters. The van der Waals surface area contributed by atoms with Gasteiger partial charge in [-0.25, -0.2) is 9.37 Å². The summed E-state index contributed by atoms with van der Waals surface area (Å²) >= 11 is 0. The zero-order valence-electron chi connectivity index (χ0n) is 18.1. The highest BCUT2D eigenvalue weighted by atomic mass is 19.4. The van der Waals surface area contributed by atoms with E-state index >= 15 is 4.39 Å². The average Bonchev–Trinajstić information content (AvgIpc) is 2.76. The molecule has 3 rings (SSSR count). The number of H-pyrrole nitrogens is 1. The Kier molecular flexibility index (Phi) is 6.99. The summed E-state index contributed by atoms with van der Waals surface area (Å²) in [7, 11) is 0. The molecular weight excluding hydrogens is 485 g/mol. The lowest BCUT2D eigenvalue weighted by atomic mass is 10.0. The Hall–Kier alpha value is -3.77. The molecule has 2 heterocycles. The van der Waals surface area contributed by atoms with Crippen molar-refractivity contribution in [3.63, 3.8) is 0 Å². The Morgan fingerprint density at radius 3 is 2.26 bits per heavy atom. The number of carbonyl (C=O) groups excluding carboxylic acids is 1. The Balaban J connectivity index is 2.14. The van der Waals surface area contributed by atoms with E-state index in [-0.39, 0.29) is 17.0 Å². The number of aromatic amines is 1. The fourth-order valence-electron chi connectivity index (χ4n) is 3.03. The first-order chi connectivity index (χ1) is 16.2. The molecule has 0 radical (unpaired) electrons. The third-order valence-electron chi connectivity index (χ3n) is 4.84. The maximum atomic E-state index is 15.3. The number of nitrogens with zero attached hydrogens (tertiary/aromatic N) is 2. The minimum absolute atomic E-state index is 0.250. The summed E-state index contributed by atoms with van der Waals surface area (Å²) in [5.41, 5.74) is -5.54. The second-order valence-corrected chi connectivity index (χ2v) is 7.74. The number of amides is 1. The predicted molar refractivity (Wildman–Crippen MR) is 110 cm³/mol. The highest BCUT2D eigenvalue weighted by molar-refractivity contribution is 5.78. The lowest BCUT2D eigenvalue weighted by Gasteiger charge is -2.17. The van der Waals surface area contributed by atoms with E-state index in [2.05, 4.69) is 15.3 Å². The maximum Gasteiger partial charge on any atom is 0.417 e. The van der Waals surface area contributed by atoms with Gasteiger partial charge in [0.15, 0.2) is 0 Å². The molecule has 0 fully saturated rings. The van der Waals surface area contributed by atoms with Crippen molar-refractivity contribution in [3.8, 4) is 22.8 Å². The molecule has 0 aliphatic heterocycles. The molecule has 1 amide bonds. The zero-order chi connectivity index (χ0) is 26.1. The van der Waals surface area contributed by atoms with E-state index in [0.29, 0.717) is 18.3 Å². The molecule has 186 valence electrons. The Morgan fingerprint density at radius 2 is 1.71 bits per heavy atom. The summed E-state index contributed by atoms with van der Waals surface area (Å²) in [6.07, 6.45) is -9.26. The van der Waals surface area contributed by atoms with Gasteiger partial charge in [0.25, 0.3) is 5.56 Å². The van der Waals surface area contributed by atoms with Crippen LogP contribution in [0.3, 0.4) is 0 Å². The van der Waals surface area contributed by atoms with E-state index in [1.165, 1.54) is 0 Å². The summed E-state index contributed by atoms with van der Waals surface area (Å²) in [5, 5.41) is 2.39. The largest absolute Gasteiger partial charge is 0.417 e. The molecule has 0 unspecified atom stereocenters. The number of pyridine rings is 1. The van der Waals surface area contributed by atoms with E-state index in [1.807, 2.05) is 4.98 Å². The summed E-state index contributed by atoms with van der Waals surface area (Å²) in [6, 6.07) is 3.77. The molecule has 2 N–H and O–H groups in total. The van der Waals surface area contributed by atoms with Crippen LogP contribution in [0.15, 0.2) is 41.3 Å². The molecule has 13 heteroatoms. The van der Waals surface area contributed by atoms with Crippen molar-refractivity contribution in [1.29, 1.82) is 0 Å². The van der Waals surface area contributed by atoms with Gasteiger partial charge < -0.3 is 10.3 Å². The molecule has 0 aliphatic carbocycles. The van der Waals surface area contributed by atoms with Crippen LogP contribution in [0.1, 0.15) is 30.5 Å². The number of hydrogen-bond donors (Lipinski definition) is 2. The van der Waals surface area contributed by atoms with Crippen LogP contribution in [-0.2, 0) is 23.7 Å². The van der Waals surface area contributed by atoms with Gasteiger partial charge in [-0.05, 0) is 18.2 Å². The van der Waals surface area contributed by atoms with Crippen molar-refractivity contribution in [2.75, 3.05) is 0 Å². The minimum Gasteiger partial charge on any atom is -0.352 e. The topological polar surface area (TPSA) is 87.7 Å². The molecule has 0 bridgehead atoms. The van der Waals surface area contributed by atoms with Gasteiger partial charge in [0.2, 0.25) is 5.91 Å². The number of aromatic nitrogens is 3. The Labute approximate surface area is 193 Å². The third-order valence-corrected chi connectivity index (χ3v) is 4.84. The first kappa shape index (κ1) is 25.8. The first-order valence-corrected chi connectivity index (χ1v) is 10.00. The number of halogens is 7. The molecule has 35 heavy (non-hydrogen) atoms. The van der Waals surface area contributed by atoms with Gasteiger partial charge in [-0.2, -0.15) is 26.3 Å². The quantitative estimate of drug-likeness (QED) is 0.484. The summed E-state index contributed by atoms with van der Waals surface area (Å²) in [4.78, 5) is 33.4. The average molecular weight is 502 g/mol. The van der Waals surface area contributed by atoms with Gasteiger partial charge in [-0.1, -0.05) is 19.9 Å². The van der Waals surface area contributed by atoms with E-state index in [9.17, 15) is 35.9 Å². The predicted octanol–water partition coefficient (Wildman–Crippen LogP) is 4.95. The fraction of sp³-hybridized carbons (Fsp3) is 0.273. The van der Waals surface area contributed by atoms with Crippen molar-refractivity contribution in [2.45, 2.75) is 32.7 Å². The van der Waals surface area contributed by atoms with Gasteiger partial charge in [0.1, 0.15) is 11.6 Å². The standard InChI is InChI=1S/C22H17F7N4O2/c1-10(2)20(35)31-8-11-3-5-13(22(27,28)29)17(18(11)23)19-32-15(7-16(34)33-19)14-6-4-12(9-30-14)21(24,25)26/h3-7,9-10H,8H2,1-2H3,(H,31,35)(H,32,33,34). The van der Waals surface area contributed by atoms with Crippen LogP contribution in [0.2, 0.25) is 0 Å². The smallest absolute Gasteiger partial charge is 0.352 e. The number of benzene rings is 1. The van der Waals surface area contributed by atoms with Crippen LogP contribution >= 0.6 is 0 Å². The number of alkyl halides is 6. The summed E-state index contributed by atoms with van der Waals surface area (Å²) in [5.74, 6) is -3.12. The molecule has 6 nitrogen and oxygen atoms in total. The van der Waals surface area contributed by atoms with Crippen LogP contribution in [-0.4, -0.2) is 20.9 Å². The lowest BCUT2D eigenvalue weighted by molar-refractivity contribution is -0.138. The highest BCUT2D eigenvalue weighted by Crippen LogP contribution is 2.38. The molecule has 0 spiro atoms. The van der Waals surface area contributed by atoms with Crippen LogP contribution < -0.4 is 10.9 Å².